The average molecular weight is 300 g/mol. The van der Waals surface area contributed by atoms with Crippen molar-refractivity contribution in [1.29, 1.82) is 0 Å². The molecule has 0 amide bonds. The lowest BCUT2D eigenvalue weighted by molar-refractivity contribution is 0.130. The number of hydrogen-bond acceptors (Lipinski definition) is 3. The molecule has 0 bridgehead atoms. The van der Waals surface area contributed by atoms with Gasteiger partial charge < -0.3 is 5.32 Å². The molecule has 2 nitrogen and oxygen atoms in total. The zero-order chi connectivity index (χ0) is 14.5. The molecular weight excluding hydrogens is 276 g/mol. The summed E-state index contributed by atoms with van der Waals surface area (Å²) in [5, 5.41) is 8.15. The lowest BCUT2D eigenvalue weighted by Gasteiger charge is -2.40. The van der Waals surface area contributed by atoms with E-state index in [1.54, 1.807) is 11.3 Å². The van der Waals surface area contributed by atoms with Gasteiger partial charge in [-0.1, -0.05) is 37.3 Å². The number of piperazine rings is 1. The second kappa shape index (κ2) is 7.21. The molecule has 1 aromatic heterocycles. The highest BCUT2D eigenvalue weighted by molar-refractivity contribution is 7.07. The van der Waals surface area contributed by atoms with Gasteiger partial charge in [0.1, 0.15) is 0 Å². The molecule has 2 unspecified atom stereocenters. The van der Waals surface area contributed by atoms with Crippen molar-refractivity contribution >= 4 is 11.3 Å². The average Bonchev–Trinajstić information content (AvgIpc) is 3.07. The van der Waals surface area contributed by atoms with Crippen LogP contribution >= 0.6 is 11.3 Å². The molecule has 2 heterocycles. The number of rotatable bonds is 5. The fourth-order valence-corrected chi connectivity index (χ4v) is 3.82. The Kier molecular flexibility index (Phi) is 5.07. The summed E-state index contributed by atoms with van der Waals surface area (Å²) in [5.74, 6) is 0. The minimum Gasteiger partial charge on any atom is -0.311 e. The van der Waals surface area contributed by atoms with Crippen LogP contribution in [0.1, 0.15) is 30.5 Å². The summed E-state index contributed by atoms with van der Waals surface area (Å²) >= 11 is 1.80. The van der Waals surface area contributed by atoms with E-state index in [9.17, 15) is 0 Å². The van der Waals surface area contributed by atoms with Crippen molar-refractivity contribution < 1.29 is 0 Å². The molecule has 0 spiro atoms. The summed E-state index contributed by atoms with van der Waals surface area (Å²) in [5.41, 5.74) is 2.91. The van der Waals surface area contributed by atoms with Crippen LogP contribution in [0.3, 0.4) is 0 Å². The lowest BCUT2D eigenvalue weighted by Crippen LogP contribution is -2.52. The van der Waals surface area contributed by atoms with Crippen molar-refractivity contribution in [3.8, 4) is 0 Å². The molecule has 1 fully saturated rings. The molecule has 3 rings (SSSR count). The number of nitrogens with one attached hydrogen (secondary N) is 1. The van der Waals surface area contributed by atoms with Gasteiger partial charge in [-0.25, -0.2) is 0 Å². The fraction of sp³-hybridized carbons (Fsp3) is 0.444. The van der Waals surface area contributed by atoms with E-state index in [0.29, 0.717) is 12.1 Å². The van der Waals surface area contributed by atoms with Crippen LogP contribution in [0.4, 0.5) is 0 Å². The van der Waals surface area contributed by atoms with Crippen molar-refractivity contribution in [2.24, 2.45) is 0 Å². The highest BCUT2D eigenvalue weighted by Gasteiger charge is 2.27. The van der Waals surface area contributed by atoms with E-state index in [1.165, 1.54) is 17.5 Å². The van der Waals surface area contributed by atoms with Crippen molar-refractivity contribution in [1.82, 2.24) is 10.2 Å². The smallest absolute Gasteiger partial charge is 0.0473 e. The van der Waals surface area contributed by atoms with Gasteiger partial charge in [0, 0.05) is 31.7 Å². The Labute approximate surface area is 131 Å². The van der Waals surface area contributed by atoms with E-state index >= 15 is 0 Å². The first-order valence-corrected chi connectivity index (χ1v) is 8.84. The monoisotopic (exact) mass is 300 g/mol. The van der Waals surface area contributed by atoms with Crippen molar-refractivity contribution in [2.45, 2.75) is 31.8 Å². The summed E-state index contributed by atoms with van der Waals surface area (Å²) in [4.78, 5) is 2.66. The number of nitrogens with zero attached hydrogens (tertiary/aromatic N) is 1. The van der Waals surface area contributed by atoms with Gasteiger partial charge >= 0.3 is 0 Å². The highest BCUT2D eigenvalue weighted by atomic mass is 32.1. The van der Waals surface area contributed by atoms with Gasteiger partial charge in [0.2, 0.25) is 0 Å². The van der Waals surface area contributed by atoms with Gasteiger partial charge in [-0.2, -0.15) is 11.3 Å². The molecule has 2 atom stereocenters. The van der Waals surface area contributed by atoms with E-state index in [1.807, 2.05) is 0 Å². The van der Waals surface area contributed by atoms with Crippen LogP contribution < -0.4 is 5.32 Å². The van der Waals surface area contributed by atoms with Crippen LogP contribution in [0.5, 0.6) is 0 Å². The molecule has 21 heavy (non-hydrogen) atoms. The molecule has 1 saturated heterocycles. The van der Waals surface area contributed by atoms with E-state index in [4.69, 9.17) is 0 Å². The summed E-state index contributed by atoms with van der Waals surface area (Å²) in [6.45, 7) is 5.64. The topological polar surface area (TPSA) is 15.3 Å². The summed E-state index contributed by atoms with van der Waals surface area (Å²) in [6.07, 6.45) is 2.36. The Bertz CT molecular complexity index is 523. The zero-order valence-electron chi connectivity index (χ0n) is 12.7. The molecular formula is C18H24N2S. The maximum absolute atomic E-state index is 3.70. The largest absolute Gasteiger partial charge is 0.311 e. The van der Waals surface area contributed by atoms with Gasteiger partial charge in [-0.3, -0.25) is 4.90 Å². The third-order valence-corrected chi connectivity index (χ3v) is 5.17. The van der Waals surface area contributed by atoms with E-state index in [2.05, 4.69) is 64.3 Å². The van der Waals surface area contributed by atoms with Gasteiger partial charge in [0.15, 0.2) is 0 Å². The highest BCUT2D eigenvalue weighted by Crippen LogP contribution is 2.24. The van der Waals surface area contributed by atoms with E-state index in [-0.39, 0.29) is 0 Å². The first-order chi connectivity index (χ1) is 10.4. The van der Waals surface area contributed by atoms with Crippen LogP contribution in [0.15, 0.2) is 47.2 Å². The third-order valence-electron chi connectivity index (χ3n) is 4.44. The fourth-order valence-electron chi connectivity index (χ4n) is 3.11. The first kappa shape index (κ1) is 14.8. The minimum atomic E-state index is 0.507. The predicted octanol–water partition coefficient (Wildman–Crippen LogP) is 3.72. The minimum absolute atomic E-state index is 0.507. The molecule has 1 aliphatic heterocycles. The van der Waals surface area contributed by atoms with Crippen LogP contribution in [0.25, 0.3) is 0 Å². The van der Waals surface area contributed by atoms with Crippen LogP contribution in [0, 0.1) is 0 Å². The molecule has 1 N–H and O–H groups in total. The SMILES string of the molecule is CCC1CN(CCc2ccsc2)C(c2ccccc2)CN1. The second-order valence-corrected chi connectivity index (χ2v) is 6.60. The predicted molar refractivity (Wildman–Crippen MR) is 90.9 cm³/mol. The zero-order valence-corrected chi connectivity index (χ0v) is 13.5. The Morgan fingerprint density at radius 1 is 1.24 bits per heavy atom. The Morgan fingerprint density at radius 2 is 2.10 bits per heavy atom. The van der Waals surface area contributed by atoms with Crippen LogP contribution in [0.2, 0.25) is 0 Å². The van der Waals surface area contributed by atoms with Crippen molar-refractivity contribution in [3.63, 3.8) is 0 Å². The third kappa shape index (κ3) is 3.73. The molecule has 3 heteroatoms. The standard InChI is InChI=1S/C18H24N2S/c1-2-17-13-20(10-8-15-9-11-21-14-15)18(12-19-17)16-6-4-3-5-7-16/h3-7,9,11,14,17-19H,2,8,10,12-13H2,1H3. The molecule has 0 radical (unpaired) electrons. The Hall–Kier alpha value is -1.16. The van der Waals surface area contributed by atoms with E-state index in [0.717, 1.165) is 26.1 Å². The number of hydrogen-bond donors (Lipinski definition) is 1. The molecule has 1 aromatic carbocycles. The van der Waals surface area contributed by atoms with Crippen LogP contribution in [-0.4, -0.2) is 30.6 Å². The van der Waals surface area contributed by atoms with Crippen molar-refractivity contribution in [2.75, 3.05) is 19.6 Å². The normalized spacial score (nSPS) is 23.3. The molecule has 112 valence electrons. The quantitative estimate of drug-likeness (QED) is 0.905. The molecule has 0 aliphatic carbocycles. The van der Waals surface area contributed by atoms with Crippen LogP contribution in [-0.2, 0) is 6.42 Å². The Morgan fingerprint density at radius 3 is 2.81 bits per heavy atom. The van der Waals surface area contributed by atoms with E-state index < -0.39 is 0 Å². The van der Waals surface area contributed by atoms with Gasteiger partial charge in [-0.15, -0.1) is 0 Å². The molecule has 0 saturated carbocycles. The number of thiophene rings is 1. The second-order valence-electron chi connectivity index (χ2n) is 5.82. The molecule has 1 aliphatic rings. The maximum Gasteiger partial charge on any atom is 0.0473 e. The van der Waals surface area contributed by atoms with Crippen molar-refractivity contribution in [3.05, 3.63) is 58.3 Å². The lowest BCUT2D eigenvalue weighted by atomic mass is 9.99. The summed E-state index contributed by atoms with van der Waals surface area (Å²) in [6, 6.07) is 14.3. The van der Waals surface area contributed by atoms with Gasteiger partial charge in [-0.05, 0) is 40.8 Å². The molecule has 2 aromatic rings. The Balaban J connectivity index is 1.70. The maximum atomic E-state index is 3.70. The number of benzene rings is 1. The summed E-state index contributed by atoms with van der Waals surface area (Å²) in [7, 11) is 0. The summed E-state index contributed by atoms with van der Waals surface area (Å²) < 4.78 is 0. The van der Waals surface area contributed by atoms with Gasteiger partial charge in [0.05, 0.1) is 0 Å². The first-order valence-electron chi connectivity index (χ1n) is 7.90. The van der Waals surface area contributed by atoms with Gasteiger partial charge in [0.25, 0.3) is 0 Å².